The average Bonchev–Trinajstić information content (AvgIpc) is 3.49. The van der Waals surface area contributed by atoms with Crippen LogP contribution in [0.5, 0.6) is 0 Å². The second-order valence-corrected chi connectivity index (χ2v) is 13.4. The van der Waals surface area contributed by atoms with Crippen LogP contribution < -0.4 is 0 Å². The van der Waals surface area contributed by atoms with Gasteiger partial charge in [0.2, 0.25) is 0 Å². The topological polar surface area (TPSA) is 103 Å². The van der Waals surface area contributed by atoms with Gasteiger partial charge in [0.15, 0.2) is 0 Å². The van der Waals surface area contributed by atoms with Crippen LogP contribution in [0.15, 0.2) is 64.2 Å². The number of nitrogens with zero attached hydrogens (tertiary/aromatic N) is 1. The highest BCUT2D eigenvalue weighted by Gasteiger charge is 2.35. The van der Waals surface area contributed by atoms with Crippen LogP contribution in [0.2, 0.25) is 10.0 Å². The van der Waals surface area contributed by atoms with Crippen LogP contribution in [0.25, 0.3) is 16.5 Å². The van der Waals surface area contributed by atoms with Crippen molar-refractivity contribution in [1.82, 2.24) is 3.97 Å². The number of ether oxygens (including phenoxy) is 1. The minimum atomic E-state index is -4.33. The van der Waals surface area contributed by atoms with Gasteiger partial charge in [0.25, 0.3) is 10.0 Å². The number of hydrogen-bond acceptors (Lipinski definition) is 6. The molecule has 2 heterocycles. The van der Waals surface area contributed by atoms with Crippen molar-refractivity contribution in [3.05, 3.63) is 91.7 Å². The van der Waals surface area contributed by atoms with Gasteiger partial charge in [0.1, 0.15) is 5.69 Å². The number of halogens is 2. The lowest BCUT2D eigenvalue weighted by atomic mass is 9.82. The van der Waals surface area contributed by atoms with E-state index in [2.05, 4.69) is 0 Å². The number of allylic oxidation sites excluding steroid dienone is 1. The minimum absolute atomic E-state index is 0.00345. The fourth-order valence-corrected chi connectivity index (χ4v) is 7.38. The third kappa shape index (κ3) is 5.83. The number of thiophene rings is 1. The molecule has 0 saturated heterocycles. The van der Waals surface area contributed by atoms with Gasteiger partial charge in [-0.1, -0.05) is 60.8 Å². The SMILES string of the molecule is CCOC(=O)c1c(CC(C)(C)/C=C(\C(=O)O)c2ccsc2)c2c(Cl)cc(Cl)cc2n1S(=O)(=O)c1ccc(C)cc1. The Morgan fingerprint density at radius 3 is 2.38 bits per heavy atom. The molecule has 0 aliphatic rings. The first-order valence-electron chi connectivity index (χ1n) is 12.3. The van der Waals surface area contributed by atoms with Crippen molar-refractivity contribution in [2.75, 3.05) is 6.61 Å². The van der Waals surface area contributed by atoms with Crippen molar-refractivity contribution in [3.63, 3.8) is 0 Å². The molecule has 2 aromatic carbocycles. The molecule has 0 spiro atoms. The summed E-state index contributed by atoms with van der Waals surface area (Å²) in [5.41, 5.74) is 0.846. The van der Waals surface area contributed by atoms with Crippen LogP contribution >= 0.6 is 34.5 Å². The van der Waals surface area contributed by atoms with Gasteiger partial charge in [-0.2, -0.15) is 11.3 Å². The number of aryl methyl sites for hydroxylation is 1. The van der Waals surface area contributed by atoms with Gasteiger partial charge in [-0.05, 0) is 77.9 Å². The standard InChI is InChI=1S/C29H27Cl2NO6S2/c1-5-38-28(35)26-22(15-29(3,4)14-21(27(33)34)18-10-11-39-16-18)25-23(31)12-19(30)13-24(25)32(26)40(36,37)20-8-6-17(2)7-9-20/h6-14,16H,5,15H2,1-4H3,(H,33,34)/b21-14-. The van der Waals surface area contributed by atoms with E-state index in [1.807, 2.05) is 6.92 Å². The molecule has 0 fully saturated rings. The van der Waals surface area contributed by atoms with Crippen LogP contribution in [0.4, 0.5) is 0 Å². The normalized spacial score (nSPS) is 12.6. The van der Waals surface area contributed by atoms with Crippen LogP contribution in [0, 0.1) is 12.3 Å². The van der Waals surface area contributed by atoms with Gasteiger partial charge >= 0.3 is 11.9 Å². The minimum Gasteiger partial charge on any atom is -0.478 e. The Morgan fingerprint density at radius 1 is 1.12 bits per heavy atom. The Hall–Kier alpha value is -3.11. The van der Waals surface area contributed by atoms with E-state index in [0.29, 0.717) is 16.5 Å². The summed E-state index contributed by atoms with van der Waals surface area (Å²) in [6.07, 6.45) is 1.67. The molecule has 1 N–H and O–H groups in total. The number of hydrogen-bond donors (Lipinski definition) is 1. The number of benzene rings is 2. The Kier molecular flexibility index (Phi) is 8.52. The van der Waals surface area contributed by atoms with Crippen molar-refractivity contribution in [1.29, 1.82) is 0 Å². The predicted octanol–water partition coefficient (Wildman–Crippen LogP) is 7.47. The molecule has 7 nitrogen and oxygen atoms in total. The number of rotatable bonds is 9. The summed E-state index contributed by atoms with van der Waals surface area (Å²) in [5, 5.41) is 14.1. The zero-order chi connectivity index (χ0) is 29.4. The van der Waals surface area contributed by atoms with Crippen LogP contribution in [-0.2, 0) is 26.0 Å². The molecule has 0 radical (unpaired) electrons. The van der Waals surface area contributed by atoms with E-state index >= 15 is 0 Å². The zero-order valence-corrected chi connectivity index (χ0v) is 25.3. The highest BCUT2D eigenvalue weighted by molar-refractivity contribution is 7.90. The van der Waals surface area contributed by atoms with E-state index in [4.69, 9.17) is 27.9 Å². The van der Waals surface area contributed by atoms with E-state index in [0.717, 1.165) is 9.54 Å². The summed E-state index contributed by atoms with van der Waals surface area (Å²) in [7, 11) is -4.33. The summed E-state index contributed by atoms with van der Waals surface area (Å²) >= 11 is 14.4. The lowest BCUT2D eigenvalue weighted by Crippen LogP contribution is -2.23. The maximum absolute atomic E-state index is 14.1. The van der Waals surface area contributed by atoms with E-state index in [1.165, 1.54) is 35.6 Å². The highest BCUT2D eigenvalue weighted by atomic mass is 35.5. The Bertz CT molecular complexity index is 1740. The van der Waals surface area contributed by atoms with E-state index in [1.54, 1.807) is 55.8 Å². The lowest BCUT2D eigenvalue weighted by molar-refractivity contribution is -0.130. The molecule has 4 aromatic rings. The molecule has 0 unspecified atom stereocenters. The second-order valence-electron chi connectivity index (χ2n) is 9.95. The number of fused-ring (bicyclic) bond motifs is 1. The first-order chi connectivity index (χ1) is 18.8. The van der Waals surface area contributed by atoms with Gasteiger partial charge in [0.05, 0.1) is 27.6 Å². The monoisotopic (exact) mass is 619 g/mol. The average molecular weight is 621 g/mol. The maximum atomic E-state index is 14.1. The zero-order valence-electron chi connectivity index (χ0n) is 22.2. The third-order valence-corrected chi connectivity index (χ3v) is 9.23. The van der Waals surface area contributed by atoms with Gasteiger partial charge in [-0.25, -0.2) is 22.0 Å². The molecule has 0 bridgehead atoms. The summed E-state index contributed by atoms with van der Waals surface area (Å²) in [6, 6.07) is 10.9. The van der Waals surface area contributed by atoms with E-state index in [-0.39, 0.29) is 44.8 Å². The van der Waals surface area contributed by atoms with Gasteiger partial charge < -0.3 is 9.84 Å². The van der Waals surface area contributed by atoms with Crippen molar-refractivity contribution in [2.24, 2.45) is 5.41 Å². The van der Waals surface area contributed by atoms with Crippen molar-refractivity contribution >= 4 is 73.0 Å². The molecule has 11 heteroatoms. The quantitative estimate of drug-likeness (QED) is 0.154. The number of carboxylic acid groups (broad SMARTS) is 1. The molecule has 0 atom stereocenters. The summed E-state index contributed by atoms with van der Waals surface area (Å²) in [4.78, 5) is 25.6. The predicted molar refractivity (Wildman–Crippen MR) is 159 cm³/mol. The number of carbonyl (C=O) groups is 2. The fourth-order valence-electron chi connectivity index (χ4n) is 4.61. The number of carboxylic acids is 1. The second kappa shape index (κ2) is 11.4. The number of carbonyl (C=O) groups excluding carboxylic acids is 1. The van der Waals surface area contributed by atoms with Gasteiger partial charge in [-0.15, -0.1) is 0 Å². The molecule has 0 aliphatic heterocycles. The molecule has 0 aliphatic carbocycles. The first kappa shape index (κ1) is 29.9. The van der Waals surface area contributed by atoms with Crippen LogP contribution in [0.3, 0.4) is 0 Å². The smallest absolute Gasteiger partial charge is 0.356 e. The van der Waals surface area contributed by atoms with Crippen molar-refractivity contribution < 1.29 is 27.9 Å². The molecule has 4 rings (SSSR count). The van der Waals surface area contributed by atoms with Crippen molar-refractivity contribution in [3.8, 4) is 0 Å². The third-order valence-electron chi connectivity index (χ3n) is 6.30. The first-order valence-corrected chi connectivity index (χ1v) is 15.4. The van der Waals surface area contributed by atoms with Crippen LogP contribution in [0.1, 0.15) is 48.0 Å². The summed E-state index contributed by atoms with van der Waals surface area (Å²) in [6.45, 7) is 7.07. The molecular formula is C29H27Cl2NO6S2. The fraction of sp³-hybridized carbons (Fsp3) is 0.241. The van der Waals surface area contributed by atoms with Gasteiger partial charge in [0, 0.05) is 10.4 Å². The Morgan fingerprint density at radius 2 is 1.80 bits per heavy atom. The Labute approximate surface area is 246 Å². The lowest BCUT2D eigenvalue weighted by Gasteiger charge is -2.22. The largest absolute Gasteiger partial charge is 0.478 e. The molecular weight excluding hydrogens is 593 g/mol. The number of aromatic nitrogens is 1. The Balaban J connectivity index is 2.05. The molecule has 2 aromatic heterocycles. The number of esters is 1. The highest BCUT2D eigenvalue weighted by Crippen LogP contribution is 2.41. The molecule has 0 saturated carbocycles. The van der Waals surface area contributed by atoms with E-state index in [9.17, 15) is 23.1 Å². The summed E-state index contributed by atoms with van der Waals surface area (Å²) in [5.74, 6) is -1.96. The maximum Gasteiger partial charge on any atom is 0.356 e. The summed E-state index contributed by atoms with van der Waals surface area (Å²) < 4.78 is 34.5. The molecule has 0 amide bonds. The van der Waals surface area contributed by atoms with E-state index < -0.39 is 27.4 Å². The molecule has 210 valence electrons. The van der Waals surface area contributed by atoms with Crippen LogP contribution in [-0.4, -0.2) is 36.0 Å². The molecule has 40 heavy (non-hydrogen) atoms. The number of aliphatic carboxylic acids is 1. The van der Waals surface area contributed by atoms with Gasteiger partial charge in [-0.3, -0.25) is 0 Å². The van der Waals surface area contributed by atoms with Crippen molar-refractivity contribution in [2.45, 2.75) is 39.0 Å².